The van der Waals surface area contributed by atoms with Crippen LogP contribution in [0.25, 0.3) is 0 Å². The Kier molecular flexibility index (Phi) is 5.25. The first-order valence-corrected chi connectivity index (χ1v) is 9.82. The molecule has 3 nitrogen and oxygen atoms in total. The van der Waals surface area contributed by atoms with Gasteiger partial charge in [0.1, 0.15) is 0 Å². The minimum absolute atomic E-state index is 0.0852. The van der Waals surface area contributed by atoms with E-state index in [0.29, 0.717) is 10.8 Å². The van der Waals surface area contributed by atoms with Crippen molar-refractivity contribution in [2.75, 3.05) is 7.05 Å². The fraction of sp³-hybridized carbons (Fsp3) is 0.385. The summed E-state index contributed by atoms with van der Waals surface area (Å²) in [5, 5.41) is 3.66. The fourth-order valence-corrected chi connectivity index (χ4v) is 5.38. The van der Waals surface area contributed by atoms with Gasteiger partial charge < -0.3 is 0 Å². The minimum Gasteiger partial charge on any atom is -0.207 e. The first kappa shape index (κ1) is 16.0. The molecule has 0 aliphatic rings. The molecule has 1 unspecified atom stereocenters. The van der Waals surface area contributed by atoms with E-state index < -0.39 is 10.0 Å². The van der Waals surface area contributed by atoms with Crippen molar-refractivity contribution < 1.29 is 8.42 Å². The second-order valence-electron chi connectivity index (χ2n) is 4.54. The van der Waals surface area contributed by atoms with Crippen molar-refractivity contribution in [3.8, 4) is 0 Å². The third-order valence-electron chi connectivity index (χ3n) is 3.14. The van der Waals surface area contributed by atoms with Crippen LogP contribution in [0.15, 0.2) is 33.9 Å². The van der Waals surface area contributed by atoms with Gasteiger partial charge in [0, 0.05) is 28.2 Å². The van der Waals surface area contributed by atoms with Crippen LogP contribution in [-0.2, 0) is 22.3 Å². The molecular formula is C13H16ClNO2S3. The predicted molar refractivity (Wildman–Crippen MR) is 86.3 cm³/mol. The van der Waals surface area contributed by atoms with Crippen molar-refractivity contribution >= 4 is 44.3 Å². The van der Waals surface area contributed by atoms with Crippen molar-refractivity contribution in [2.24, 2.45) is 0 Å². The number of halogens is 1. The van der Waals surface area contributed by atoms with Gasteiger partial charge in [0.15, 0.2) is 0 Å². The van der Waals surface area contributed by atoms with E-state index in [9.17, 15) is 8.42 Å². The zero-order chi connectivity index (χ0) is 14.8. The Labute approximate surface area is 132 Å². The molecule has 1 atom stereocenters. The van der Waals surface area contributed by atoms with Crippen LogP contribution in [0.1, 0.15) is 16.7 Å². The summed E-state index contributed by atoms with van der Waals surface area (Å²) in [6.45, 7) is 1.92. The highest BCUT2D eigenvalue weighted by Crippen LogP contribution is 2.25. The highest BCUT2D eigenvalue weighted by Gasteiger charge is 2.26. The topological polar surface area (TPSA) is 37.4 Å². The van der Waals surface area contributed by atoms with E-state index >= 15 is 0 Å². The maximum absolute atomic E-state index is 12.5. The number of hydrogen-bond acceptors (Lipinski definition) is 4. The van der Waals surface area contributed by atoms with Crippen LogP contribution in [0.5, 0.6) is 0 Å². The second kappa shape index (κ2) is 6.58. The SMILES string of the molecule is CC(Cc1cccs1)N(C)S(=O)(=O)c1csc(CCl)c1. The highest BCUT2D eigenvalue weighted by atomic mass is 35.5. The molecule has 2 rings (SSSR count). The molecule has 20 heavy (non-hydrogen) atoms. The van der Waals surface area contributed by atoms with Gasteiger partial charge in [-0.3, -0.25) is 0 Å². The monoisotopic (exact) mass is 349 g/mol. The molecule has 0 amide bonds. The molecule has 2 heterocycles. The van der Waals surface area contributed by atoms with Gasteiger partial charge in [0.2, 0.25) is 10.0 Å². The summed E-state index contributed by atoms with van der Waals surface area (Å²) in [4.78, 5) is 2.38. The minimum atomic E-state index is -3.44. The normalized spacial score (nSPS) is 13.8. The quantitative estimate of drug-likeness (QED) is 0.744. The average Bonchev–Trinajstić information content (AvgIpc) is 3.08. The summed E-state index contributed by atoms with van der Waals surface area (Å²) in [5.41, 5.74) is 0. The predicted octanol–water partition coefficient (Wildman–Crippen LogP) is 3.80. The maximum atomic E-state index is 12.5. The van der Waals surface area contributed by atoms with Crippen LogP contribution in [0, 0.1) is 0 Å². The second-order valence-corrected chi connectivity index (χ2v) is 8.83. The van der Waals surface area contributed by atoms with Crippen molar-refractivity contribution in [2.45, 2.75) is 30.2 Å². The zero-order valence-corrected chi connectivity index (χ0v) is 14.5. The highest BCUT2D eigenvalue weighted by molar-refractivity contribution is 7.89. The Morgan fingerprint density at radius 1 is 1.35 bits per heavy atom. The summed E-state index contributed by atoms with van der Waals surface area (Å²) in [6, 6.07) is 5.57. The molecule has 110 valence electrons. The van der Waals surface area contributed by atoms with Gasteiger partial charge >= 0.3 is 0 Å². The molecule has 0 spiro atoms. The number of likely N-dealkylation sites (N-methyl/N-ethyl adjacent to an activating group) is 1. The largest absolute Gasteiger partial charge is 0.243 e. The van der Waals surface area contributed by atoms with Gasteiger partial charge in [-0.15, -0.1) is 34.3 Å². The van der Waals surface area contributed by atoms with E-state index in [2.05, 4.69) is 0 Å². The van der Waals surface area contributed by atoms with E-state index in [1.54, 1.807) is 29.8 Å². The van der Waals surface area contributed by atoms with Gasteiger partial charge in [0.25, 0.3) is 0 Å². The van der Waals surface area contributed by atoms with Gasteiger partial charge in [-0.25, -0.2) is 8.42 Å². The van der Waals surface area contributed by atoms with Crippen molar-refractivity contribution in [1.29, 1.82) is 0 Å². The molecule has 0 saturated heterocycles. The van der Waals surface area contributed by atoms with Crippen LogP contribution >= 0.6 is 34.3 Å². The molecule has 0 aliphatic heterocycles. The molecule has 0 aromatic carbocycles. The molecule has 7 heteroatoms. The van der Waals surface area contributed by atoms with E-state index in [4.69, 9.17) is 11.6 Å². The van der Waals surface area contributed by atoms with Crippen molar-refractivity contribution in [3.05, 3.63) is 38.7 Å². The Hall–Kier alpha value is -0.400. The molecule has 0 saturated carbocycles. The number of hydrogen-bond donors (Lipinski definition) is 0. The molecular weight excluding hydrogens is 334 g/mol. The first-order chi connectivity index (χ1) is 9.45. The van der Waals surface area contributed by atoms with Crippen molar-refractivity contribution in [3.63, 3.8) is 0 Å². The Bertz CT molecular complexity index is 649. The van der Waals surface area contributed by atoms with Gasteiger partial charge in [-0.1, -0.05) is 6.07 Å². The number of nitrogens with zero attached hydrogens (tertiary/aromatic N) is 1. The fourth-order valence-electron chi connectivity index (χ4n) is 1.82. The number of alkyl halides is 1. The van der Waals surface area contributed by atoms with Crippen LogP contribution in [0.2, 0.25) is 0 Å². The molecule has 0 N–H and O–H groups in total. The third-order valence-corrected chi connectivity index (χ3v) is 7.52. The van der Waals surface area contributed by atoms with E-state index in [-0.39, 0.29) is 6.04 Å². The lowest BCUT2D eigenvalue weighted by atomic mass is 10.2. The molecule has 0 bridgehead atoms. The van der Waals surface area contributed by atoms with E-state index in [0.717, 1.165) is 11.3 Å². The van der Waals surface area contributed by atoms with E-state index in [1.165, 1.54) is 20.5 Å². The Balaban J connectivity index is 2.15. The summed E-state index contributed by atoms with van der Waals surface area (Å²) >= 11 is 8.75. The Morgan fingerprint density at radius 2 is 2.10 bits per heavy atom. The maximum Gasteiger partial charge on any atom is 0.243 e. The summed E-state index contributed by atoms with van der Waals surface area (Å²) < 4.78 is 26.5. The van der Waals surface area contributed by atoms with E-state index in [1.807, 2.05) is 24.4 Å². The number of thiophene rings is 2. The van der Waals surface area contributed by atoms with Crippen molar-refractivity contribution in [1.82, 2.24) is 4.31 Å². The summed E-state index contributed by atoms with van der Waals surface area (Å²) in [7, 11) is -1.81. The standard InChI is InChI=1S/C13H16ClNO2S3/c1-10(6-11-4-3-5-18-11)15(2)20(16,17)13-7-12(8-14)19-9-13/h3-5,7,9-10H,6,8H2,1-2H3. The van der Waals surface area contributed by atoms with Gasteiger partial charge in [0.05, 0.1) is 10.8 Å². The smallest absolute Gasteiger partial charge is 0.207 e. The molecule has 0 radical (unpaired) electrons. The lowest BCUT2D eigenvalue weighted by molar-refractivity contribution is 0.388. The third kappa shape index (κ3) is 3.43. The van der Waals surface area contributed by atoms with Crippen LogP contribution in [0.4, 0.5) is 0 Å². The van der Waals surface area contributed by atoms with Crippen LogP contribution in [0.3, 0.4) is 0 Å². The summed E-state index contributed by atoms with van der Waals surface area (Å²) in [5.74, 6) is 0.342. The van der Waals surface area contributed by atoms with Gasteiger partial charge in [-0.2, -0.15) is 4.31 Å². The van der Waals surface area contributed by atoms with Crippen LogP contribution in [-0.4, -0.2) is 25.8 Å². The molecule has 2 aromatic heterocycles. The number of sulfonamides is 1. The lowest BCUT2D eigenvalue weighted by Gasteiger charge is -2.23. The molecule has 0 fully saturated rings. The Morgan fingerprint density at radius 3 is 2.65 bits per heavy atom. The zero-order valence-electron chi connectivity index (χ0n) is 11.2. The molecule has 2 aromatic rings. The van der Waals surface area contributed by atoms with Crippen LogP contribution < -0.4 is 0 Å². The first-order valence-electron chi connectivity index (χ1n) is 6.09. The molecule has 0 aliphatic carbocycles. The summed E-state index contributed by atoms with van der Waals surface area (Å²) in [6.07, 6.45) is 0.722. The number of rotatable bonds is 6. The van der Waals surface area contributed by atoms with Gasteiger partial charge in [-0.05, 0) is 30.9 Å². The lowest BCUT2D eigenvalue weighted by Crippen LogP contribution is -2.36. The average molecular weight is 350 g/mol.